The minimum absolute atomic E-state index is 0.00880. The van der Waals surface area contributed by atoms with Gasteiger partial charge in [-0.3, -0.25) is 0 Å². The molecule has 1 heterocycles. The number of phenolic OH excluding ortho intramolecular Hbond substituents is 1. The Morgan fingerprint density at radius 2 is 2.18 bits per heavy atom. The molecule has 0 unspecified atom stereocenters. The highest BCUT2D eigenvalue weighted by atomic mass is 79.9. The van der Waals surface area contributed by atoms with Gasteiger partial charge in [-0.1, -0.05) is 5.16 Å². The molecule has 3 N–H and O–H groups in total. The van der Waals surface area contributed by atoms with Crippen LogP contribution >= 0.6 is 15.9 Å². The number of hydrogen-bond acceptors (Lipinski definition) is 5. The second kappa shape index (κ2) is 4.38. The van der Waals surface area contributed by atoms with E-state index in [1.165, 1.54) is 0 Å². The maximum Gasteiger partial charge on any atom is 0.240 e. The van der Waals surface area contributed by atoms with Gasteiger partial charge in [0.2, 0.25) is 11.7 Å². The predicted octanol–water partition coefficient (Wildman–Crippen LogP) is 1.94. The number of halogens is 3. The molecule has 17 heavy (non-hydrogen) atoms. The molecule has 2 aromatic rings. The third-order valence-corrected chi connectivity index (χ3v) is 2.62. The van der Waals surface area contributed by atoms with E-state index < -0.39 is 22.9 Å². The Labute approximate surface area is 102 Å². The standard InChI is InChI=1S/C9H6BrF2N3O2/c10-3-1-4(11)7(12)6(8(3)16)9-14-5(2-13)17-15-9/h1,16H,2,13H2. The summed E-state index contributed by atoms with van der Waals surface area (Å²) in [5.41, 5.74) is 4.77. The first-order valence-electron chi connectivity index (χ1n) is 4.44. The van der Waals surface area contributed by atoms with E-state index in [1.807, 2.05) is 0 Å². The van der Waals surface area contributed by atoms with E-state index in [2.05, 4.69) is 30.6 Å². The number of phenols is 1. The molecule has 0 spiro atoms. The van der Waals surface area contributed by atoms with Crippen molar-refractivity contribution in [1.29, 1.82) is 0 Å². The number of nitrogens with zero attached hydrogens (tertiary/aromatic N) is 2. The van der Waals surface area contributed by atoms with Gasteiger partial charge in [0.15, 0.2) is 11.6 Å². The zero-order valence-electron chi connectivity index (χ0n) is 8.25. The first-order chi connectivity index (χ1) is 8.04. The van der Waals surface area contributed by atoms with Crippen molar-refractivity contribution in [3.63, 3.8) is 0 Å². The highest BCUT2D eigenvalue weighted by Crippen LogP contribution is 2.37. The van der Waals surface area contributed by atoms with E-state index in [0.29, 0.717) is 0 Å². The molecule has 2 rings (SSSR count). The summed E-state index contributed by atoms with van der Waals surface area (Å²) in [6, 6.07) is 0.804. The largest absolute Gasteiger partial charge is 0.506 e. The molecule has 0 saturated heterocycles. The van der Waals surface area contributed by atoms with Gasteiger partial charge in [0, 0.05) is 0 Å². The summed E-state index contributed by atoms with van der Waals surface area (Å²) in [5, 5.41) is 13.0. The SMILES string of the molecule is NCc1nc(-c2c(O)c(Br)cc(F)c2F)no1. The molecule has 0 aliphatic heterocycles. The normalized spacial score (nSPS) is 10.8. The smallest absolute Gasteiger partial charge is 0.240 e. The second-order valence-corrected chi connectivity index (χ2v) is 3.95. The lowest BCUT2D eigenvalue weighted by Crippen LogP contribution is -1.97. The number of aromatic nitrogens is 2. The van der Waals surface area contributed by atoms with Crippen LogP contribution in [0.15, 0.2) is 15.1 Å². The predicted molar refractivity (Wildman–Crippen MR) is 56.9 cm³/mol. The molecule has 0 aliphatic rings. The van der Waals surface area contributed by atoms with Crippen LogP contribution in [-0.4, -0.2) is 15.2 Å². The maximum absolute atomic E-state index is 13.5. The third-order valence-electron chi connectivity index (χ3n) is 2.01. The topological polar surface area (TPSA) is 85.2 Å². The van der Waals surface area contributed by atoms with Gasteiger partial charge in [-0.15, -0.1) is 0 Å². The minimum Gasteiger partial charge on any atom is -0.506 e. The van der Waals surface area contributed by atoms with Gasteiger partial charge in [-0.05, 0) is 22.0 Å². The summed E-state index contributed by atoms with van der Waals surface area (Å²) in [6.45, 7) is -0.0358. The molecule has 0 bridgehead atoms. The van der Waals surface area contributed by atoms with E-state index in [9.17, 15) is 13.9 Å². The molecule has 5 nitrogen and oxygen atoms in total. The summed E-state index contributed by atoms with van der Waals surface area (Å²) >= 11 is 2.88. The van der Waals surface area contributed by atoms with Crippen LogP contribution in [-0.2, 0) is 6.54 Å². The van der Waals surface area contributed by atoms with Crippen LogP contribution in [0.3, 0.4) is 0 Å². The number of rotatable bonds is 2. The highest BCUT2D eigenvalue weighted by molar-refractivity contribution is 9.10. The average molecular weight is 306 g/mol. The summed E-state index contributed by atoms with van der Waals surface area (Å²) in [5.74, 6) is -3.10. The van der Waals surface area contributed by atoms with Crippen LogP contribution in [0.4, 0.5) is 8.78 Å². The van der Waals surface area contributed by atoms with Crippen molar-refractivity contribution in [1.82, 2.24) is 10.1 Å². The van der Waals surface area contributed by atoms with Crippen LogP contribution < -0.4 is 5.73 Å². The Kier molecular flexibility index (Phi) is 3.07. The van der Waals surface area contributed by atoms with Crippen LogP contribution in [0.1, 0.15) is 5.89 Å². The number of hydrogen-bond donors (Lipinski definition) is 2. The molecular weight excluding hydrogens is 300 g/mol. The Hall–Kier alpha value is -1.54. The fraction of sp³-hybridized carbons (Fsp3) is 0.111. The first-order valence-corrected chi connectivity index (χ1v) is 5.23. The lowest BCUT2D eigenvalue weighted by molar-refractivity contribution is 0.379. The molecule has 0 atom stereocenters. The van der Waals surface area contributed by atoms with Gasteiger partial charge < -0.3 is 15.4 Å². The monoisotopic (exact) mass is 305 g/mol. The first kappa shape index (κ1) is 11.9. The van der Waals surface area contributed by atoms with Gasteiger partial charge in [-0.25, -0.2) is 8.78 Å². The number of benzene rings is 1. The molecule has 90 valence electrons. The lowest BCUT2D eigenvalue weighted by atomic mass is 10.1. The van der Waals surface area contributed by atoms with Gasteiger partial charge in [-0.2, -0.15) is 4.98 Å². The van der Waals surface area contributed by atoms with Gasteiger partial charge in [0.1, 0.15) is 11.3 Å². The summed E-state index contributed by atoms with van der Waals surface area (Å²) < 4.78 is 31.3. The van der Waals surface area contributed by atoms with Crippen molar-refractivity contribution in [2.45, 2.75) is 6.54 Å². The summed E-state index contributed by atoms with van der Waals surface area (Å²) in [7, 11) is 0. The number of aromatic hydroxyl groups is 1. The quantitative estimate of drug-likeness (QED) is 0.828. The third kappa shape index (κ3) is 2.01. The minimum atomic E-state index is -1.25. The summed E-state index contributed by atoms with van der Waals surface area (Å²) in [4.78, 5) is 3.71. The van der Waals surface area contributed by atoms with Crippen LogP contribution in [0.2, 0.25) is 0 Å². The van der Waals surface area contributed by atoms with Crippen LogP contribution in [0.5, 0.6) is 5.75 Å². The van der Waals surface area contributed by atoms with Crippen molar-refractivity contribution < 1.29 is 18.4 Å². The van der Waals surface area contributed by atoms with Crippen molar-refractivity contribution in [2.24, 2.45) is 5.73 Å². The Morgan fingerprint density at radius 3 is 2.76 bits per heavy atom. The van der Waals surface area contributed by atoms with E-state index in [1.54, 1.807) is 0 Å². The van der Waals surface area contributed by atoms with Gasteiger partial charge in [0.25, 0.3) is 0 Å². The fourth-order valence-corrected chi connectivity index (χ4v) is 1.63. The zero-order valence-corrected chi connectivity index (χ0v) is 9.83. The van der Waals surface area contributed by atoms with E-state index in [0.717, 1.165) is 6.07 Å². The van der Waals surface area contributed by atoms with Crippen molar-refractivity contribution in [3.05, 3.63) is 28.1 Å². The molecule has 8 heteroatoms. The molecule has 1 aromatic heterocycles. The number of nitrogens with two attached hydrogens (primary N) is 1. The molecule has 1 aromatic carbocycles. The Morgan fingerprint density at radius 1 is 1.47 bits per heavy atom. The Bertz CT molecular complexity index is 547. The van der Waals surface area contributed by atoms with E-state index in [-0.39, 0.29) is 22.7 Å². The van der Waals surface area contributed by atoms with Gasteiger partial charge in [0.05, 0.1) is 11.0 Å². The van der Waals surface area contributed by atoms with Crippen molar-refractivity contribution in [2.75, 3.05) is 0 Å². The van der Waals surface area contributed by atoms with E-state index >= 15 is 0 Å². The Balaban J connectivity index is 2.65. The van der Waals surface area contributed by atoms with Crippen LogP contribution in [0.25, 0.3) is 11.4 Å². The van der Waals surface area contributed by atoms with Crippen LogP contribution in [0, 0.1) is 11.6 Å². The second-order valence-electron chi connectivity index (χ2n) is 3.09. The van der Waals surface area contributed by atoms with Gasteiger partial charge >= 0.3 is 0 Å². The molecule has 0 aliphatic carbocycles. The molecule has 0 saturated carbocycles. The molecule has 0 amide bonds. The average Bonchev–Trinajstić information content (AvgIpc) is 2.75. The van der Waals surface area contributed by atoms with E-state index in [4.69, 9.17) is 5.73 Å². The molecular formula is C9H6BrF2N3O2. The molecule has 0 radical (unpaired) electrons. The molecule has 0 fully saturated rings. The lowest BCUT2D eigenvalue weighted by Gasteiger charge is -2.04. The fourth-order valence-electron chi connectivity index (χ4n) is 1.23. The zero-order chi connectivity index (χ0) is 12.6. The maximum atomic E-state index is 13.5. The van der Waals surface area contributed by atoms with Crippen molar-refractivity contribution in [3.8, 4) is 17.1 Å². The summed E-state index contributed by atoms with van der Waals surface area (Å²) in [6.07, 6.45) is 0. The van der Waals surface area contributed by atoms with Crippen molar-refractivity contribution >= 4 is 15.9 Å². The highest BCUT2D eigenvalue weighted by Gasteiger charge is 2.22.